The van der Waals surface area contributed by atoms with Crippen LogP contribution in [0.25, 0.3) is 50.2 Å². The van der Waals surface area contributed by atoms with E-state index < -0.39 is 0 Å². The number of rotatable bonds is 4. The van der Waals surface area contributed by atoms with Crippen LogP contribution in [0, 0.1) is 20.8 Å². The van der Waals surface area contributed by atoms with Gasteiger partial charge in [-0.2, -0.15) is 4.57 Å². The molecule has 3 aromatic carbocycles. The normalized spacial score (nSPS) is 12.2. The predicted molar refractivity (Wildman–Crippen MR) is 157 cm³/mol. The van der Waals surface area contributed by atoms with Crippen molar-refractivity contribution in [3.63, 3.8) is 0 Å². The van der Waals surface area contributed by atoms with Crippen LogP contribution in [0.2, 0.25) is 0 Å². The van der Waals surface area contributed by atoms with Crippen LogP contribution in [0.3, 0.4) is 0 Å². The third kappa shape index (κ3) is 3.50. The molecule has 4 nitrogen and oxygen atoms in total. The lowest BCUT2D eigenvalue weighted by Crippen LogP contribution is -2.30. The van der Waals surface area contributed by atoms with E-state index in [0.29, 0.717) is 17.5 Å². The summed E-state index contributed by atoms with van der Waals surface area (Å²) >= 11 is 0. The van der Waals surface area contributed by atoms with Gasteiger partial charge in [-0.3, -0.25) is 0 Å². The van der Waals surface area contributed by atoms with Gasteiger partial charge in [0.15, 0.2) is 16.6 Å². The second kappa shape index (κ2) is 8.83. The molecule has 6 rings (SSSR count). The van der Waals surface area contributed by atoms with Gasteiger partial charge in [-0.15, -0.1) is 0 Å². The van der Waals surface area contributed by atoms with E-state index >= 15 is 0 Å². The van der Waals surface area contributed by atoms with Crippen molar-refractivity contribution in [3.8, 4) is 17.1 Å². The van der Waals surface area contributed by atoms with Crippen LogP contribution in [0.15, 0.2) is 65.1 Å². The van der Waals surface area contributed by atoms with Crippen LogP contribution in [0.1, 0.15) is 67.5 Å². The smallest absolute Gasteiger partial charge is 0.299 e. The number of nitrogens with zero attached hydrogens (tertiary/aromatic N) is 3. The average molecular weight is 503 g/mol. The molecule has 0 bridgehead atoms. The molecule has 0 atom stereocenters. The van der Waals surface area contributed by atoms with Crippen molar-refractivity contribution in [3.05, 3.63) is 88.6 Å². The van der Waals surface area contributed by atoms with E-state index in [0.717, 1.165) is 33.4 Å². The van der Waals surface area contributed by atoms with E-state index in [9.17, 15) is 0 Å². The first kappa shape index (κ1) is 24.4. The molecule has 0 radical (unpaired) electrons. The fraction of sp³-hybridized carbons (Fsp3) is 0.294. The van der Waals surface area contributed by atoms with Crippen molar-refractivity contribution < 1.29 is 8.98 Å². The maximum atomic E-state index is 6.64. The molecule has 0 amide bonds. The Kier molecular flexibility index (Phi) is 5.68. The molecule has 192 valence electrons. The van der Waals surface area contributed by atoms with E-state index in [4.69, 9.17) is 9.40 Å². The van der Waals surface area contributed by atoms with Gasteiger partial charge in [0.25, 0.3) is 5.82 Å². The summed E-state index contributed by atoms with van der Waals surface area (Å²) in [5.41, 5.74) is 12.4. The molecule has 0 spiro atoms. The molecular weight excluding hydrogens is 466 g/mol. The monoisotopic (exact) mass is 502 g/mol. The molecule has 0 unspecified atom stereocenters. The summed E-state index contributed by atoms with van der Waals surface area (Å²) in [6, 6.07) is 22.0. The largest absolute Gasteiger partial charge is 0.437 e. The summed E-state index contributed by atoms with van der Waals surface area (Å²) in [4.78, 5) is 4.76. The molecule has 0 aliphatic heterocycles. The fourth-order valence-electron chi connectivity index (χ4n) is 6.16. The first-order valence-electron chi connectivity index (χ1n) is 13.6. The summed E-state index contributed by atoms with van der Waals surface area (Å²) in [5, 5.41) is 2.21. The zero-order valence-corrected chi connectivity index (χ0v) is 23.7. The number of para-hydroxylation sites is 3. The van der Waals surface area contributed by atoms with Gasteiger partial charge in [-0.25, -0.2) is 9.55 Å². The molecule has 4 heteroatoms. The molecular formula is C34H36N3O+. The Hall–Kier alpha value is -3.92. The molecule has 0 aliphatic carbocycles. The maximum absolute atomic E-state index is 6.64. The Morgan fingerprint density at radius 1 is 0.816 bits per heavy atom. The highest BCUT2D eigenvalue weighted by atomic mass is 16.3. The lowest BCUT2D eigenvalue weighted by molar-refractivity contribution is -0.633. The van der Waals surface area contributed by atoms with Gasteiger partial charge in [-0.1, -0.05) is 64.1 Å². The van der Waals surface area contributed by atoms with Crippen molar-refractivity contribution in [2.75, 3.05) is 0 Å². The molecule has 0 fully saturated rings. The first-order chi connectivity index (χ1) is 18.2. The van der Waals surface area contributed by atoms with Crippen molar-refractivity contribution in [2.45, 2.75) is 60.3 Å². The maximum Gasteiger partial charge on any atom is 0.299 e. The third-order valence-electron chi connectivity index (χ3n) is 7.95. The summed E-state index contributed by atoms with van der Waals surface area (Å²) in [7, 11) is 2.18. The van der Waals surface area contributed by atoms with Gasteiger partial charge in [0.05, 0.1) is 7.05 Å². The number of fused-ring (bicyclic) bond motifs is 4. The molecule has 0 saturated carbocycles. The number of aromatic nitrogens is 3. The standard InChI is InChI=1S/C34H36N3O/c1-19(2)24-12-11-13-25(20(3)4)31(24)37-28-15-10-9-14-27(28)36(8)34(37)30-22(6)18-21(5)29-26-17-16-23(7)35-33(26)38-32(29)30/h9-20H,1-8H3/q+1. The molecule has 38 heavy (non-hydrogen) atoms. The minimum absolute atomic E-state index is 0.375. The molecule has 6 aromatic rings. The number of pyridine rings is 1. The van der Waals surface area contributed by atoms with Crippen LogP contribution in [0.4, 0.5) is 0 Å². The number of aryl methyl sites for hydroxylation is 4. The van der Waals surface area contributed by atoms with Gasteiger partial charge in [0, 0.05) is 27.6 Å². The van der Waals surface area contributed by atoms with Crippen LogP contribution >= 0.6 is 0 Å². The second-order valence-corrected chi connectivity index (χ2v) is 11.3. The fourth-order valence-corrected chi connectivity index (χ4v) is 6.16. The molecule has 0 saturated heterocycles. The van der Waals surface area contributed by atoms with Crippen molar-refractivity contribution in [1.29, 1.82) is 0 Å². The van der Waals surface area contributed by atoms with Gasteiger partial charge in [0.2, 0.25) is 5.71 Å². The van der Waals surface area contributed by atoms with E-state index in [1.807, 2.05) is 6.92 Å². The Balaban J connectivity index is 1.85. The lowest BCUT2D eigenvalue weighted by atomic mass is 9.92. The number of hydrogen-bond donors (Lipinski definition) is 0. The second-order valence-electron chi connectivity index (χ2n) is 11.3. The topological polar surface area (TPSA) is 34.8 Å². The Morgan fingerprint density at radius 3 is 2.18 bits per heavy atom. The van der Waals surface area contributed by atoms with Gasteiger partial charge in [0.1, 0.15) is 11.3 Å². The van der Waals surface area contributed by atoms with E-state index in [1.54, 1.807) is 0 Å². The number of imidazole rings is 1. The molecule has 0 aliphatic rings. The average Bonchev–Trinajstić information content (AvgIpc) is 3.39. The summed E-state index contributed by atoms with van der Waals surface area (Å²) in [6.45, 7) is 15.5. The first-order valence-corrected chi connectivity index (χ1v) is 13.6. The highest BCUT2D eigenvalue weighted by molar-refractivity contribution is 6.10. The van der Waals surface area contributed by atoms with Gasteiger partial charge >= 0.3 is 0 Å². The Bertz CT molecular complexity index is 1840. The minimum atomic E-state index is 0.375. The van der Waals surface area contributed by atoms with Crippen LogP contribution in [-0.2, 0) is 7.05 Å². The van der Waals surface area contributed by atoms with E-state index in [1.165, 1.54) is 39.0 Å². The van der Waals surface area contributed by atoms with Gasteiger partial charge in [-0.05, 0) is 68.0 Å². The van der Waals surface area contributed by atoms with E-state index in [-0.39, 0.29) is 0 Å². The van der Waals surface area contributed by atoms with Gasteiger partial charge < -0.3 is 4.42 Å². The minimum Gasteiger partial charge on any atom is -0.437 e. The molecule has 3 aromatic heterocycles. The van der Waals surface area contributed by atoms with E-state index in [2.05, 4.69) is 118 Å². The highest BCUT2D eigenvalue weighted by Crippen LogP contribution is 2.42. The zero-order chi connectivity index (χ0) is 26.9. The van der Waals surface area contributed by atoms with Crippen LogP contribution in [0.5, 0.6) is 0 Å². The lowest BCUT2D eigenvalue weighted by Gasteiger charge is -2.18. The van der Waals surface area contributed by atoms with Crippen LogP contribution < -0.4 is 4.57 Å². The molecule has 3 heterocycles. The van der Waals surface area contributed by atoms with Crippen molar-refractivity contribution >= 4 is 33.1 Å². The number of hydrogen-bond acceptors (Lipinski definition) is 2. The van der Waals surface area contributed by atoms with Crippen molar-refractivity contribution in [2.24, 2.45) is 7.05 Å². The Labute approximate surface area is 224 Å². The summed E-state index contributed by atoms with van der Waals surface area (Å²) in [5.74, 6) is 1.88. The quantitative estimate of drug-likeness (QED) is 0.226. The SMILES string of the molecule is Cc1ccc2c(n1)oc1c(-c3n(-c4c(C(C)C)cccc4C(C)C)c4ccccc4[n+]3C)c(C)cc(C)c12. The summed E-state index contributed by atoms with van der Waals surface area (Å²) < 4.78 is 11.5. The predicted octanol–water partition coefficient (Wildman–Crippen LogP) is 8.59. The number of furan rings is 1. The van der Waals surface area contributed by atoms with Crippen LogP contribution in [-0.4, -0.2) is 9.55 Å². The Morgan fingerprint density at radius 2 is 1.50 bits per heavy atom. The third-order valence-corrected chi connectivity index (χ3v) is 7.95. The zero-order valence-electron chi connectivity index (χ0n) is 23.7. The number of benzene rings is 3. The van der Waals surface area contributed by atoms with Crippen molar-refractivity contribution in [1.82, 2.24) is 9.55 Å². The molecule has 0 N–H and O–H groups in total. The highest BCUT2D eigenvalue weighted by Gasteiger charge is 2.33. The summed E-state index contributed by atoms with van der Waals surface area (Å²) in [6.07, 6.45) is 0.